The van der Waals surface area contributed by atoms with Crippen molar-refractivity contribution in [1.82, 2.24) is 19.5 Å². The highest BCUT2D eigenvalue weighted by molar-refractivity contribution is 6.79. The second-order valence-electron chi connectivity index (χ2n) is 6.81. The number of aromatic nitrogens is 4. The average molecular weight is 339 g/mol. The Balaban J connectivity index is 2.18. The Hall–Kier alpha value is -1.59. The Kier molecular flexibility index (Phi) is 3.69. The zero-order valence-corrected chi connectivity index (χ0v) is 14.2. The van der Waals surface area contributed by atoms with Crippen LogP contribution >= 0.6 is 0 Å². The Morgan fingerprint density at radius 1 is 1.35 bits per heavy atom. The molecule has 0 amide bonds. The molecule has 23 heavy (non-hydrogen) atoms. The van der Waals surface area contributed by atoms with Crippen molar-refractivity contribution in [1.29, 1.82) is 0 Å². The zero-order chi connectivity index (χ0) is 17.0. The Morgan fingerprint density at radius 2 is 2.04 bits per heavy atom. The highest BCUT2D eigenvalue weighted by Crippen LogP contribution is 2.45. The van der Waals surface area contributed by atoms with Crippen LogP contribution in [0, 0.1) is 0 Å². The Morgan fingerprint density at radius 3 is 2.65 bits per heavy atom. The molecule has 0 bridgehead atoms. The molecule has 0 unspecified atom stereocenters. The molecule has 2 aromatic heterocycles. The van der Waals surface area contributed by atoms with Crippen LogP contribution in [-0.4, -0.2) is 67.0 Å². The second kappa shape index (κ2) is 5.21. The molecule has 126 valence electrons. The Labute approximate surface area is 133 Å². The lowest BCUT2D eigenvalue weighted by Gasteiger charge is -2.41. The molecule has 5 N–H and O–H groups in total. The van der Waals surface area contributed by atoms with Crippen molar-refractivity contribution < 1.29 is 20.1 Å². The van der Waals surface area contributed by atoms with Crippen molar-refractivity contribution in [2.75, 3.05) is 12.3 Å². The van der Waals surface area contributed by atoms with Crippen molar-refractivity contribution in [3.05, 3.63) is 12.7 Å². The van der Waals surface area contributed by atoms with Crippen LogP contribution in [0.25, 0.3) is 11.2 Å². The van der Waals surface area contributed by atoms with Gasteiger partial charge in [0.25, 0.3) is 0 Å². The number of aliphatic hydroxyl groups is 3. The van der Waals surface area contributed by atoms with Crippen LogP contribution in [0.3, 0.4) is 0 Å². The van der Waals surface area contributed by atoms with Crippen molar-refractivity contribution in [2.24, 2.45) is 0 Å². The van der Waals surface area contributed by atoms with Gasteiger partial charge in [0.1, 0.15) is 29.3 Å². The summed E-state index contributed by atoms with van der Waals surface area (Å²) in [5.74, 6) is 0.225. The minimum Gasteiger partial charge on any atom is -0.394 e. The fraction of sp³-hybridized carbons (Fsp3) is 0.615. The number of nitrogen functional groups attached to an aromatic ring is 1. The molecule has 0 radical (unpaired) electrons. The van der Waals surface area contributed by atoms with E-state index in [1.807, 2.05) is 19.6 Å². The molecule has 3 rings (SSSR count). The molecule has 0 aliphatic carbocycles. The third-order valence-corrected chi connectivity index (χ3v) is 7.45. The summed E-state index contributed by atoms with van der Waals surface area (Å²) < 4.78 is 7.31. The van der Waals surface area contributed by atoms with E-state index in [-0.39, 0.29) is 5.82 Å². The maximum absolute atomic E-state index is 11.3. The summed E-state index contributed by atoms with van der Waals surface area (Å²) in [7, 11) is -2.34. The molecule has 4 atom stereocenters. The highest BCUT2D eigenvalue weighted by Gasteiger charge is 2.62. The predicted octanol–water partition coefficient (Wildman–Crippen LogP) is -0.732. The third-order valence-electron chi connectivity index (χ3n) is 4.50. The largest absolute Gasteiger partial charge is 0.394 e. The maximum atomic E-state index is 11.3. The second-order valence-corrected chi connectivity index (χ2v) is 12.1. The first-order valence-corrected chi connectivity index (χ1v) is 10.8. The molecular weight excluding hydrogens is 318 g/mol. The molecule has 0 aromatic carbocycles. The standard InChI is InChI=1S/C13H21N5O4Si/c1-23(2,3)13(21)9(20)7(4-19)22-12(13)18-6-17-8-10(14)15-5-16-11(8)18/h5-7,9,12,19-21H,4H2,1-3H3,(H2,14,15,16)/t7-,9-,12-,13+/m1/s1. The summed E-state index contributed by atoms with van der Waals surface area (Å²) in [6.45, 7) is 5.38. The van der Waals surface area contributed by atoms with Crippen LogP contribution in [0.1, 0.15) is 6.23 Å². The number of imidazole rings is 1. The number of fused-ring (bicyclic) bond motifs is 1. The SMILES string of the molecule is C[Si](C)(C)[C@@]1(O)[C@H](O)[C@@H](CO)O[C@H]1n1cnc2c(N)ncnc21. The first-order chi connectivity index (χ1) is 10.7. The summed E-state index contributed by atoms with van der Waals surface area (Å²) in [6, 6.07) is 0. The smallest absolute Gasteiger partial charge is 0.167 e. The van der Waals surface area contributed by atoms with Gasteiger partial charge in [-0.25, -0.2) is 15.0 Å². The van der Waals surface area contributed by atoms with Gasteiger partial charge >= 0.3 is 0 Å². The van der Waals surface area contributed by atoms with Crippen molar-refractivity contribution in [3.63, 3.8) is 0 Å². The van der Waals surface area contributed by atoms with Crippen molar-refractivity contribution in [3.8, 4) is 0 Å². The van der Waals surface area contributed by atoms with Gasteiger partial charge in [0.05, 0.1) is 21.0 Å². The molecule has 1 aliphatic heterocycles. The quantitative estimate of drug-likeness (QED) is 0.537. The number of hydrogen-bond donors (Lipinski definition) is 4. The van der Waals surface area contributed by atoms with Crippen molar-refractivity contribution >= 4 is 25.1 Å². The lowest BCUT2D eigenvalue weighted by molar-refractivity contribution is -0.0658. The zero-order valence-electron chi connectivity index (χ0n) is 13.2. The number of aliphatic hydroxyl groups excluding tert-OH is 2. The number of hydrogen-bond acceptors (Lipinski definition) is 8. The lowest BCUT2D eigenvalue weighted by atomic mass is 10.1. The van der Waals surface area contributed by atoms with Gasteiger partial charge in [0, 0.05) is 0 Å². The number of rotatable bonds is 3. The number of nitrogens with two attached hydrogens (primary N) is 1. The summed E-state index contributed by atoms with van der Waals surface area (Å²) in [5.41, 5.74) is 6.60. The third kappa shape index (κ3) is 2.17. The van der Waals surface area contributed by atoms with Gasteiger partial charge in [-0.15, -0.1) is 0 Å². The first-order valence-electron chi connectivity index (χ1n) is 7.31. The summed E-state index contributed by atoms with van der Waals surface area (Å²) in [5, 5.41) is 29.8. The van der Waals surface area contributed by atoms with Gasteiger partial charge in [-0.2, -0.15) is 0 Å². The van der Waals surface area contributed by atoms with E-state index in [1.165, 1.54) is 12.7 Å². The number of nitrogens with zero attached hydrogens (tertiary/aromatic N) is 4. The van der Waals surface area contributed by atoms with Gasteiger partial charge in [0.2, 0.25) is 0 Å². The van der Waals surface area contributed by atoms with Crippen LogP contribution in [0.15, 0.2) is 12.7 Å². The van der Waals surface area contributed by atoms with E-state index in [0.717, 1.165) is 0 Å². The van der Waals surface area contributed by atoms with Crippen LogP contribution in [0.4, 0.5) is 5.82 Å². The summed E-state index contributed by atoms with van der Waals surface area (Å²) in [4.78, 5) is 12.2. The van der Waals surface area contributed by atoms with Gasteiger partial charge in [-0.3, -0.25) is 4.57 Å². The minimum atomic E-state index is -2.34. The molecule has 2 aromatic rings. The number of ether oxygens (including phenoxy) is 1. The van der Waals surface area contributed by atoms with E-state index in [1.54, 1.807) is 4.57 Å². The molecular formula is C13H21N5O4Si. The predicted molar refractivity (Wildman–Crippen MR) is 85.0 cm³/mol. The van der Waals surface area contributed by atoms with Gasteiger partial charge in [-0.1, -0.05) is 19.6 Å². The molecule has 1 aliphatic rings. The maximum Gasteiger partial charge on any atom is 0.167 e. The van der Waals surface area contributed by atoms with E-state index < -0.39 is 38.3 Å². The topological polar surface area (TPSA) is 140 Å². The van der Waals surface area contributed by atoms with Crippen LogP contribution in [0.2, 0.25) is 19.6 Å². The average Bonchev–Trinajstić information content (AvgIpc) is 3.01. The monoisotopic (exact) mass is 339 g/mol. The molecule has 3 heterocycles. The van der Waals surface area contributed by atoms with Gasteiger partial charge in [-0.05, 0) is 0 Å². The first kappa shape index (κ1) is 16.3. The van der Waals surface area contributed by atoms with Gasteiger partial charge < -0.3 is 25.8 Å². The van der Waals surface area contributed by atoms with Crippen LogP contribution in [0.5, 0.6) is 0 Å². The van der Waals surface area contributed by atoms with Crippen molar-refractivity contribution in [2.45, 2.75) is 43.3 Å². The normalized spacial score (nSPS) is 31.8. The van der Waals surface area contributed by atoms with E-state index in [0.29, 0.717) is 11.2 Å². The van der Waals surface area contributed by atoms with E-state index in [4.69, 9.17) is 10.5 Å². The molecule has 9 nitrogen and oxygen atoms in total. The fourth-order valence-corrected chi connectivity index (χ4v) is 5.07. The molecule has 1 fully saturated rings. The number of anilines is 1. The minimum absolute atomic E-state index is 0.225. The molecule has 0 saturated carbocycles. The van der Waals surface area contributed by atoms with Crippen LogP contribution in [-0.2, 0) is 4.74 Å². The van der Waals surface area contributed by atoms with Gasteiger partial charge in [0.15, 0.2) is 17.7 Å². The van der Waals surface area contributed by atoms with Crippen LogP contribution < -0.4 is 5.73 Å². The van der Waals surface area contributed by atoms with E-state index >= 15 is 0 Å². The molecule has 1 saturated heterocycles. The van der Waals surface area contributed by atoms with E-state index in [9.17, 15) is 15.3 Å². The van der Waals surface area contributed by atoms with E-state index in [2.05, 4.69) is 15.0 Å². The lowest BCUT2D eigenvalue weighted by Crippen LogP contribution is -2.62. The molecule has 0 spiro atoms. The summed E-state index contributed by atoms with van der Waals surface area (Å²) in [6.07, 6.45) is -0.245. The molecule has 10 heteroatoms. The fourth-order valence-electron chi connectivity index (χ4n) is 3.05. The Bertz CT molecular complexity index is 733. The highest BCUT2D eigenvalue weighted by atomic mass is 28.3. The summed E-state index contributed by atoms with van der Waals surface area (Å²) >= 11 is 0.